The van der Waals surface area contributed by atoms with Gasteiger partial charge in [0.05, 0.1) is 110 Å². The van der Waals surface area contributed by atoms with Gasteiger partial charge in [-0.2, -0.15) is 0 Å². The Morgan fingerprint density at radius 1 is 0.291 bits per heavy atom. The molecule has 0 spiro atoms. The first-order valence-electron chi connectivity index (χ1n) is 30.5. The summed E-state index contributed by atoms with van der Waals surface area (Å²) in [6, 6.07) is 0. The Kier molecular flexibility index (Phi) is 49.8. The van der Waals surface area contributed by atoms with Crippen molar-refractivity contribution in [3.8, 4) is 0 Å². The third-order valence-corrected chi connectivity index (χ3v) is 13.5. The molecule has 0 fully saturated rings. The summed E-state index contributed by atoms with van der Waals surface area (Å²) < 4.78 is 20.1. The fraction of sp³-hybridized carbons (Fsp3) is 0.759. The molecule has 0 aliphatic carbocycles. The molecular weight excluding hydrogens is 1410 g/mol. The molecule has 49 heteroatoms. The molecule has 0 heterocycles. The maximum atomic E-state index is 13.9. The maximum absolute atomic E-state index is 13.9. The topological polar surface area (TPSA) is 758 Å². The predicted molar refractivity (Wildman–Crippen MR) is 331 cm³/mol. The highest BCUT2D eigenvalue weighted by Gasteiger charge is 2.33. The summed E-state index contributed by atoms with van der Waals surface area (Å²) in [5, 5.41) is 235. The molecule has 0 aliphatic rings. The zero-order valence-corrected chi connectivity index (χ0v) is 55.0. The second-order valence-corrected chi connectivity index (χ2v) is 21.5. The van der Waals surface area contributed by atoms with Crippen LogP contribution in [0.5, 0.6) is 0 Å². The second kappa shape index (κ2) is 53.9. The third kappa shape index (κ3) is 41.9. The van der Waals surface area contributed by atoms with E-state index in [1.807, 2.05) is 0 Å². The van der Waals surface area contributed by atoms with E-state index in [1.54, 1.807) is 0 Å². The number of carbonyl (C=O) groups is 9. The molecule has 0 aliphatic heterocycles. The van der Waals surface area contributed by atoms with Crippen LogP contribution < -0.4 is 0 Å². The molecular formula is C54H93N9O40. The van der Waals surface area contributed by atoms with Crippen molar-refractivity contribution < 1.29 is 199 Å². The van der Waals surface area contributed by atoms with E-state index in [0.29, 0.717) is 24.9 Å². The van der Waals surface area contributed by atoms with E-state index in [9.17, 15) is 140 Å². The van der Waals surface area contributed by atoms with E-state index in [0.717, 1.165) is 24.5 Å². The Bertz CT molecular complexity index is 2320. The summed E-state index contributed by atoms with van der Waals surface area (Å²) >= 11 is 0. The summed E-state index contributed by atoms with van der Waals surface area (Å²) in [7, 11) is 0. The van der Waals surface area contributed by atoms with Gasteiger partial charge in [-0.1, -0.05) is 20.6 Å². The lowest BCUT2D eigenvalue weighted by atomic mass is 10.0. The molecule has 49 nitrogen and oxygen atoms in total. The van der Waals surface area contributed by atoms with Crippen LogP contribution in [0.25, 0.3) is 0 Å². The molecule has 0 radical (unpaired) electrons. The number of carboxylic acids is 3. The van der Waals surface area contributed by atoms with Gasteiger partial charge in [-0.15, -0.1) is 0 Å². The summed E-state index contributed by atoms with van der Waals surface area (Å²) in [5.41, 5.74) is 0. The SMILES string of the molecule is O=C(O)CN(CCN(CC(=O)O)CC(=O)N(CCOC(=O)CO/N=C/[C@@H](O)[C@H](O)[C@@H](O)[C@H](O)CO)CCOC(=O)CO/N=C/[C@@H](O)[C@H](O)[C@@H](O)[C@H](O)CO)CCN(CC(=O)O)CC(=O)N(CCOC(=O)CO/N=C/[C@@H](O)[C@H](O)[C@@H](O)[C@H](O)CO)CCOC(=O)CO/N=C/[C@@H](O)[C@H](O)[C@@H](O)[C@H](O)CO. The molecule has 2 amide bonds. The Balaban J connectivity index is 6.54. The molecule has 0 bridgehead atoms. The van der Waals surface area contributed by atoms with Crippen molar-refractivity contribution >= 4 is 78.5 Å². The minimum Gasteiger partial charge on any atom is -0.480 e. The van der Waals surface area contributed by atoms with Gasteiger partial charge in [0.25, 0.3) is 0 Å². The minimum atomic E-state index is -2.08. The number of rotatable bonds is 60. The lowest BCUT2D eigenvalue weighted by molar-refractivity contribution is -0.153. The Hall–Kier alpha value is -7.81. The Morgan fingerprint density at radius 2 is 0.495 bits per heavy atom. The summed E-state index contributed by atoms with van der Waals surface area (Å²) in [6.45, 7) is -18.7. The van der Waals surface area contributed by atoms with E-state index in [4.69, 9.17) is 39.4 Å². The van der Waals surface area contributed by atoms with Crippen LogP contribution in [0, 0.1) is 0 Å². The predicted octanol–water partition coefficient (Wildman–Crippen LogP) is -17.3. The first-order valence-corrected chi connectivity index (χ1v) is 30.5. The fourth-order valence-corrected chi connectivity index (χ4v) is 7.67. The van der Waals surface area contributed by atoms with Gasteiger partial charge in [-0.05, 0) is 0 Å². The van der Waals surface area contributed by atoms with Crippen molar-refractivity contribution in [2.75, 3.05) is 164 Å². The molecule has 0 aromatic carbocycles. The first kappa shape index (κ1) is 95.2. The monoisotopic (exact) mass is 1510 g/mol. The highest BCUT2D eigenvalue weighted by atomic mass is 16.7. The van der Waals surface area contributed by atoms with E-state index < -0.39 is 316 Å². The van der Waals surface area contributed by atoms with Crippen molar-refractivity contribution in [3.63, 3.8) is 0 Å². The van der Waals surface area contributed by atoms with Gasteiger partial charge in [-0.25, -0.2) is 19.2 Å². The average Bonchev–Trinajstić information content (AvgIpc) is 0.981. The number of aliphatic hydroxyl groups is 20. The lowest BCUT2D eigenvalue weighted by Crippen LogP contribution is -2.49. The Morgan fingerprint density at radius 3 is 0.699 bits per heavy atom. The minimum absolute atomic E-state index is 0.405. The highest BCUT2D eigenvalue weighted by Crippen LogP contribution is 2.09. The van der Waals surface area contributed by atoms with Gasteiger partial charge in [0.1, 0.15) is 124 Å². The van der Waals surface area contributed by atoms with Crippen LogP contribution in [0.4, 0.5) is 0 Å². The number of aliphatic carboxylic acids is 3. The number of hydrogen-bond donors (Lipinski definition) is 23. The van der Waals surface area contributed by atoms with Gasteiger partial charge in [0.2, 0.25) is 38.2 Å². The smallest absolute Gasteiger partial charge is 0.347 e. The number of esters is 4. The molecule has 16 atom stereocenters. The number of nitrogens with zero attached hydrogens (tertiary/aromatic N) is 9. The largest absolute Gasteiger partial charge is 0.480 e. The van der Waals surface area contributed by atoms with E-state index in [1.165, 1.54) is 0 Å². The molecule has 0 unspecified atom stereocenters. The number of amides is 2. The van der Waals surface area contributed by atoms with Crippen molar-refractivity contribution in [2.24, 2.45) is 20.6 Å². The summed E-state index contributed by atoms with van der Waals surface area (Å²) in [4.78, 5) is 138. The van der Waals surface area contributed by atoms with Gasteiger partial charge < -0.3 is 166 Å². The summed E-state index contributed by atoms with van der Waals surface area (Å²) in [5.74, 6) is -11.2. The van der Waals surface area contributed by atoms with Crippen LogP contribution in [0.3, 0.4) is 0 Å². The quantitative estimate of drug-likeness (QED) is 0.0116. The number of carbonyl (C=O) groups excluding carboxylic acids is 6. The number of oxime groups is 4. The van der Waals surface area contributed by atoms with Crippen LogP contribution in [0.15, 0.2) is 20.6 Å². The van der Waals surface area contributed by atoms with Crippen LogP contribution in [-0.2, 0) is 81.4 Å². The van der Waals surface area contributed by atoms with Gasteiger partial charge in [-0.3, -0.25) is 38.7 Å². The zero-order chi connectivity index (χ0) is 78.3. The molecule has 23 N–H and O–H groups in total. The first-order chi connectivity index (χ1) is 48.5. The fourth-order valence-electron chi connectivity index (χ4n) is 7.67. The van der Waals surface area contributed by atoms with Crippen LogP contribution in [-0.4, -0.2) is 482 Å². The van der Waals surface area contributed by atoms with Gasteiger partial charge >= 0.3 is 41.8 Å². The van der Waals surface area contributed by atoms with Crippen molar-refractivity contribution in [3.05, 3.63) is 0 Å². The molecule has 594 valence electrons. The van der Waals surface area contributed by atoms with E-state index in [2.05, 4.69) is 40.0 Å². The number of aliphatic hydroxyl groups excluding tert-OH is 20. The van der Waals surface area contributed by atoms with Gasteiger partial charge in [0.15, 0.2) is 0 Å². The zero-order valence-electron chi connectivity index (χ0n) is 55.0. The standard InChI is InChI=1S/C54H93N9O40/c64-22-34(72)51(92)47(88)30(68)13-55-100-26-43(84)96-9-5-62(6-10-97-44(85)27-101-56-14-31(69)48(89)52(93)35(73)23-65)38(76)17-60(20-41(80)81)3-1-59(19-40(78)79)2-4-61(21-42(82)83)18-39(77)63(7-11-98-45(86)28-102-57-15-32(70)49(90)53(94)36(74)24-66)8-12-99-46(87)29-103-58-16-33(71)50(91)54(95)37(75)25-67/h13-16,30-37,47-54,64-75,88-95H,1-12,17-29H2,(H,78,79)(H,80,81)(H,82,83)/b55-13+,56-14+,57-15+,58-16+/t30-,31-,32-,33-,34-,35-,36-,37-,47+,48+,49+,50+,51+,52+,53+,54+/m1/s1. The van der Waals surface area contributed by atoms with Crippen LogP contribution >= 0.6 is 0 Å². The van der Waals surface area contributed by atoms with Crippen molar-refractivity contribution in [1.82, 2.24) is 24.5 Å². The normalized spacial score (nSPS) is 16.7. The number of ether oxygens (including phenoxy) is 4. The average molecular weight is 1510 g/mol. The lowest BCUT2D eigenvalue weighted by Gasteiger charge is -2.30. The maximum Gasteiger partial charge on any atom is 0.347 e. The number of carboxylic acid groups (broad SMARTS) is 3. The van der Waals surface area contributed by atoms with Crippen LogP contribution in [0.2, 0.25) is 0 Å². The Labute approximate surface area is 583 Å². The molecule has 0 saturated carbocycles. The van der Waals surface area contributed by atoms with Crippen molar-refractivity contribution in [1.29, 1.82) is 0 Å². The van der Waals surface area contributed by atoms with Crippen LogP contribution in [0.1, 0.15) is 0 Å². The molecule has 0 rings (SSSR count). The van der Waals surface area contributed by atoms with E-state index in [-0.39, 0.29) is 0 Å². The second-order valence-electron chi connectivity index (χ2n) is 21.5. The molecule has 0 aromatic rings. The molecule has 103 heavy (non-hydrogen) atoms. The summed E-state index contributed by atoms with van der Waals surface area (Å²) in [6.07, 6.45) is -29.8. The number of hydrogen-bond acceptors (Lipinski definition) is 44. The van der Waals surface area contributed by atoms with Crippen molar-refractivity contribution in [2.45, 2.75) is 97.7 Å². The third-order valence-electron chi connectivity index (χ3n) is 13.5. The highest BCUT2D eigenvalue weighted by molar-refractivity contribution is 5.80. The molecule has 0 aromatic heterocycles. The van der Waals surface area contributed by atoms with E-state index >= 15 is 0 Å². The molecule has 0 saturated heterocycles. The van der Waals surface area contributed by atoms with Gasteiger partial charge in [0, 0.05) is 26.2 Å².